The summed E-state index contributed by atoms with van der Waals surface area (Å²) in [4.78, 5) is 9.33. The van der Waals surface area contributed by atoms with Crippen LogP contribution in [0.2, 0.25) is 0 Å². The maximum Gasteiger partial charge on any atom is 0.573 e. The van der Waals surface area contributed by atoms with Crippen LogP contribution >= 0.6 is 0 Å². The molecule has 0 radical (unpaired) electrons. The van der Waals surface area contributed by atoms with Crippen molar-refractivity contribution < 1.29 is 22.7 Å². The third-order valence-electron chi connectivity index (χ3n) is 3.11. The molecule has 0 saturated carbocycles. The molecule has 1 N–H and O–H groups in total. The van der Waals surface area contributed by atoms with Crippen LogP contribution in [0, 0.1) is 0 Å². The van der Waals surface area contributed by atoms with Crippen LogP contribution in [0.1, 0.15) is 12.5 Å². The maximum absolute atomic E-state index is 12.1. The molecule has 1 aromatic carbocycles. The van der Waals surface area contributed by atoms with Crippen molar-refractivity contribution in [3.63, 3.8) is 0 Å². The van der Waals surface area contributed by atoms with Crippen molar-refractivity contribution in [3.8, 4) is 5.75 Å². The summed E-state index contributed by atoms with van der Waals surface area (Å²) in [6.07, 6.45) is -0.0893. The van der Waals surface area contributed by atoms with Crippen molar-refractivity contribution in [2.24, 2.45) is 0 Å². The third-order valence-corrected chi connectivity index (χ3v) is 3.11. The number of rotatable bonds is 3. The molecule has 1 aliphatic heterocycles. The van der Waals surface area contributed by atoms with Crippen molar-refractivity contribution in [3.05, 3.63) is 48.6 Å². The Kier molecular flexibility index (Phi) is 3.28. The zero-order valence-corrected chi connectivity index (χ0v) is 11.3. The second kappa shape index (κ2) is 5.02. The van der Waals surface area contributed by atoms with Gasteiger partial charge in [-0.15, -0.1) is 13.2 Å². The van der Waals surface area contributed by atoms with Gasteiger partial charge in [0.1, 0.15) is 24.0 Å². The molecule has 1 aromatic heterocycles. The fourth-order valence-corrected chi connectivity index (χ4v) is 2.05. The highest BCUT2D eigenvalue weighted by atomic mass is 19.4. The Hall–Kier alpha value is -2.55. The standard InChI is InChI=1S/C13H11F3N4O2/c1-12(6-11(19-22-12)20-8-17-7-18-20)9-2-4-10(5-3-9)21-13(14,15)16/h2-8,19H,1H3/t12-/m1/s1. The Morgan fingerprint density at radius 1 is 1.27 bits per heavy atom. The molecule has 22 heavy (non-hydrogen) atoms. The number of nitrogens with one attached hydrogen (secondary N) is 1. The SMILES string of the molecule is C[C@]1(c2ccc(OC(F)(F)F)cc2)C=C(n2cncn2)NO1. The largest absolute Gasteiger partial charge is 0.573 e. The lowest BCUT2D eigenvalue weighted by molar-refractivity contribution is -0.274. The average molecular weight is 312 g/mol. The Morgan fingerprint density at radius 3 is 2.59 bits per heavy atom. The van der Waals surface area contributed by atoms with Gasteiger partial charge in [0.2, 0.25) is 0 Å². The first-order valence-corrected chi connectivity index (χ1v) is 6.24. The lowest BCUT2D eigenvalue weighted by atomic mass is 9.96. The van der Waals surface area contributed by atoms with E-state index in [0.717, 1.165) is 0 Å². The van der Waals surface area contributed by atoms with Gasteiger partial charge in [0.05, 0.1) is 0 Å². The van der Waals surface area contributed by atoms with E-state index in [0.29, 0.717) is 11.4 Å². The Morgan fingerprint density at radius 2 is 2.00 bits per heavy atom. The lowest BCUT2D eigenvalue weighted by Crippen LogP contribution is -2.23. The highest BCUT2D eigenvalue weighted by molar-refractivity contribution is 5.48. The number of benzene rings is 1. The normalized spacial score (nSPS) is 21.4. The molecule has 0 amide bonds. The molecule has 0 unspecified atom stereocenters. The fraction of sp³-hybridized carbons (Fsp3) is 0.231. The van der Waals surface area contributed by atoms with Gasteiger partial charge in [-0.2, -0.15) is 5.10 Å². The van der Waals surface area contributed by atoms with E-state index in [4.69, 9.17) is 4.84 Å². The highest BCUT2D eigenvalue weighted by Gasteiger charge is 2.34. The summed E-state index contributed by atoms with van der Waals surface area (Å²) in [5, 5.41) is 3.96. The van der Waals surface area contributed by atoms with Crippen LogP contribution in [0.15, 0.2) is 43.0 Å². The molecule has 116 valence electrons. The number of hydrogen-bond acceptors (Lipinski definition) is 5. The number of nitrogens with zero attached hydrogens (tertiary/aromatic N) is 3. The van der Waals surface area contributed by atoms with Gasteiger partial charge in [-0.1, -0.05) is 12.1 Å². The van der Waals surface area contributed by atoms with Gasteiger partial charge in [0, 0.05) is 0 Å². The second-order valence-electron chi connectivity index (χ2n) is 4.75. The van der Waals surface area contributed by atoms with Gasteiger partial charge >= 0.3 is 6.36 Å². The van der Waals surface area contributed by atoms with Crippen LogP contribution in [-0.4, -0.2) is 21.1 Å². The first-order chi connectivity index (χ1) is 10.4. The van der Waals surface area contributed by atoms with E-state index in [1.165, 1.54) is 41.6 Å². The van der Waals surface area contributed by atoms with E-state index in [1.54, 1.807) is 13.0 Å². The van der Waals surface area contributed by atoms with Crippen molar-refractivity contribution in [1.82, 2.24) is 20.2 Å². The van der Waals surface area contributed by atoms with Crippen LogP contribution in [0.5, 0.6) is 5.75 Å². The topological polar surface area (TPSA) is 61.2 Å². The number of ether oxygens (including phenoxy) is 1. The Balaban J connectivity index is 1.82. The molecular formula is C13H11F3N4O2. The summed E-state index contributed by atoms with van der Waals surface area (Å²) in [7, 11) is 0. The molecule has 0 bridgehead atoms. The van der Waals surface area contributed by atoms with E-state index >= 15 is 0 Å². The van der Waals surface area contributed by atoms with Crippen molar-refractivity contribution in [2.45, 2.75) is 18.9 Å². The minimum atomic E-state index is -4.71. The summed E-state index contributed by atoms with van der Waals surface area (Å²) in [5.74, 6) is 0.280. The van der Waals surface area contributed by atoms with Crippen LogP contribution in [-0.2, 0) is 10.4 Å². The maximum atomic E-state index is 12.1. The number of hydrogen-bond donors (Lipinski definition) is 1. The Labute approximate surface area is 123 Å². The van der Waals surface area contributed by atoms with E-state index in [1.807, 2.05) is 0 Å². The van der Waals surface area contributed by atoms with Gasteiger partial charge in [0.15, 0.2) is 5.82 Å². The molecular weight excluding hydrogens is 301 g/mol. The molecule has 2 heterocycles. The van der Waals surface area contributed by atoms with E-state index in [-0.39, 0.29) is 5.75 Å². The van der Waals surface area contributed by atoms with Gasteiger partial charge in [-0.3, -0.25) is 4.84 Å². The summed E-state index contributed by atoms with van der Waals surface area (Å²) >= 11 is 0. The van der Waals surface area contributed by atoms with Crippen LogP contribution in [0.3, 0.4) is 0 Å². The summed E-state index contributed by atoms with van der Waals surface area (Å²) in [6.45, 7) is 1.77. The lowest BCUT2D eigenvalue weighted by Gasteiger charge is -2.20. The first kappa shape index (κ1) is 14.4. The average Bonchev–Trinajstić information content (AvgIpc) is 3.07. The third kappa shape index (κ3) is 2.89. The number of hydroxylamine groups is 1. The van der Waals surface area contributed by atoms with E-state index < -0.39 is 12.0 Å². The van der Waals surface area contributed by atoms with E-state index in [9.17, 15) is 13.2 Å². The number of halogens is 3. The minimum Gasteiger partial charge on any atom is -0.406 e. The minimum absolute atomic E-state index is 0.286. The monoisotopic (exact) mass is 312 g/mol. The van der Waals surface area contributed by atoms with Crippen LogP contribution in [0.25, 0.3) is 5.82 Å². The van der Waals surface area contributed by atoms with Gasteiger partial charge in [-0.25, -0.2) is 15.1 Å². The quantitative estimate of drug-likeness (QED) is 0.943. The molecule has 0 saturated heterocycles. The predicted molar refractivity (Wildman–Crippen MR) is 69.0 cm³/mol. The zero-order valence-electron chi connectivity index (χ0n) is 11.3. The van der Waals surface area contributed by atoms with Crippen molar-refractivity contribution >= 4 is 5.82 Å². The van der Waals surface area contributed by atoms with Crippen LogP contribution in [0.4, 0.5) is 13.2 Å². The summed E-state index contributed by atoms with van der Waals surface area (Å²) in [6, 6.07) is 5.48. The van der Waals surface area contributed by atoms with Gasteiger partial charge in [0.25, 0.3) is 0 Å². The van der Waals surface area contributed by atoms with Crippen molar-refractivity contribution in [1.29, 1.82) is 0 Å². The number of alkyl halides is 3. The molecule has 2 aromatic rings. The second-order valence-corrected chi connectivity index (χ2v) is 4.75. The number of aromatic nitrogens is 3. The molecule has 3 rings (SSSR count). The molecule has 0 aliphatic carbocycles. The summed E-state index contributed by atoms with van der Waals surface area (Å²) < 4.78 is 41.8. The molecule has 1 aliphatic rings. The highest BCUT2D eigenvalue weighted by Crippen LogP contribution is 2.33. The van der Waals surface area contributed by atoms with Crippen LogP contribution < -0.4 is 10.2 Å². The van der Waals surface area contributed by atoms with E-state index in [2.05, 4.69) is 20.3 Å². The molecule has 0 spiro atoms. The van der Waals surface area contributed by atoms with Gasteiger partial charge in [-0.05, 0) is 30.7 Å². The first-order valence-electron chi connectivity index (χ1n) is 6.24. The van der Waals surface area contributed by atoms with Crippen molar-refractivity contribution in [2.75, 3.05) is 0 Å². The fourth-order valence-electron chi connectivity index (χ4n) is 2.05. The predicted octanol–water partition coefficient (Wildman–Crippen LogP) is 2.43. The smallest absolute Gasteiger partial charge is 0.406 e. The molecule has 1 atom stereocenters. The molecule has 6 nitrogen and oxygen atoms in total. The molecule has 9 heteroatoms. The van der Waals surface area contributed by atoms with Gasteiger partial charge < -0.3 is 4.74 Å². The molecule has 0 fully saturated rings. The Bertz CT molecular complexity index is 682. The zero-order chi connectivity index (χ0) is 15.8. The summed E-state index contributed by atoms with van der Waals surface area (Å²) in [5.41, 5.74) is 2.52.